The van der Waals surface area contributed by atoms with E-state index in [9.17, 15) is 4.79 Å². The third kappa shape index (κ3) is 4.49. The van der Waals surface area contributed by atoms with Crippen LogP contribution < -0.4 is 10.1 Å². The zero-order valence-electron chi connectivity index (χ0n) is 9.25. The zero-order chi connectivity index (χ0) is 11.1. The number of anilines is 1. The lowest BCUT2D eigenvalue weighted by molar-refractivity contribution is -0.114. The van der Waals surface area contributed by atoms with Crippen LogP contribution >= 0.6 is 0 Å². The van der Waals surface area contributed by atoms with Crippen molar-refractivity contribution in [1.82, 2.24) is 0 Å². The minimum atomic E-state index is -0.0605. The van der Waals surface area contributed by atoms with Gasteiger partial charge in [0.15, 0.2) is 0 Å². The van der Waals surface area contributed by atoms with Gasteiger partial charge in [-0.25, -0.2) is 0 Å². The van der Waals surface area contributed by atoms with Gasteiger partial charge in [-0.1, -0.05) is 13.3 Å². The fraction of sp³-hybridized carbons (Fsp3) is 0.417. The minimum absolute atomic E-state index is 0. The molecule has 3 nitrogen and oxygen atoms in total. The molecule has 0 unspecified atom stereocenters. The van der Waals surface area contributed by atoms with E-state index in [0.29, 0.717) is 0 Å². The second-order valence-electron chi connectivity index (χ2n) is 3.41. The summed E-state index contributed by atoms with van der Waals surface area (Å²) >= 11 is 0. The Labute approximate surface area is 91.9 Å². The summed E-state index contributed by atoms with van der Waals surface area (Å²) in [7, 11) is 0. The molecule has 15 heavy (non-hydrogen) atoms. The molecule has 0 bridgehead atoms. The number of carbonyl (C=O) groups is 1. The van der Waals surface area contributed by atoms with Crippen molar-refractivity contribution in [2.24, 2.45) is 0 Å². The summed E-state index contributed by atoms with van der Waals surface area (Å²) in [4.78, 5) is 10.8. The molecule has 0 heterocycles. The predicted molar refractivity (Wildman–Crippen MR) is 63.3 cm³/mol. The van der Waals surface area contributed by atoms with Crippen LogP contribution in [0.5, 0.6) is 5.75 Å². The lowest BCUT2D eigenvalue weighted by Gasteiger charge is -2.06. The van der Waals surface area contributed by atoms with Crippen LogP contribution in [-0.4, -0.2) is 12.5 Å². The fourth-order valence-corrected chi connectivity index (χ4v) is 1.17. The Bertz CT molecular complexity index is 311. The maximum atomic E-state index is 10.8. The standard InChI is InChI=1S/C12H17NO2.H2/c1-3-4-9-15-12-7-5-11(6-8-12)13-10(2)14;/h5-8H,3-4,9H2,1-2H3,(H,13,14);1H. The molecule has 0 saturated heterocycles. The number of benzene rings is 1. The van der Waals surface area contributed by atoms with Crippen LogP contribution in [0.15, 0.2) is 24.3 Å². The minimum Gasteiger partial charge on any atom is -0.494 e. The largest absolute Gasteiger partial charge is 0.494 e. The van der Waals surface area contributed by atoms with Gasteiger partial charge in [-0.3, -0.25) is 4.79 Å². The third-order valence-electron chi connectivity index (χ3n) is 1.94. The summed E-state index contributed by atoms with van der Waals surface area (Å²) in [5, 5.41) is 2.70. The average molecular weight is 209 g/mol. The first-order valence-corrected chi connectivity index (χ1v) is 5.23. The lowest BCUT2D eigenvalue weighted by Crippen LogP contribution is -2.05. The number of carbonyl (C=O) groups excluding carboxylic acids is 1. The van der Waals surface area contributed by atoms with Crippen LogP contribution in [0.4, 0.5) is 5.69 Å². The summed E-state index contributed by atoms with van der Waals surface area (Å²) in [5.74, 6) is 0.784. The maximum Gasteiger partial charge on any atom is 0.221 e. The zero-order valence-corrected chi connectivity index (χ0v) is 9.25. The number of ether oxygens (including phenoxy) is 1. The molecule has 0 aromatic heterocycles. The monoisotopic (exact) mass is 209 g/mol. The number of hydrogen-bond acceptors (Lipinski definition) is 2. The normalized spacial score (nSPS) is 9.73. The number of amides is 1. The fourth-order valence-electron chi connectivity index (χ4n) is 1.17. The molecule has 1 rings (SSSR count). The molecule has 0 saturated carbocycles. The molecule has 1 N–H and O–H groups in total. The van der Waals surface area contributed by atoms with Gasteiger partial charge in [-0.2, -0.15) is 0 Å². The van der Waals surface area contributed by atoms with E-state index in [1.807, 2.05) is 24.3 Å². The second-order valence-corrected chi connectivity index (χ2v) is 3.41. The Morgan fingerprint density at radius 1 is 1.40 bits per heavy atom. The molecule has 0 atom stereocenters. The van der Waals surface area contributed by atoms with Crippen LogP contribution in [0.3, 0.4) is 0 Å². The maximum absolute atomic E-state index is 10.8. The van der Waals surface area contributed by atoms with E-state index in [2.05, 4.69) is 12.2 Å². The highest BCUT2D eigenvalue weighted by Gasteiger charge is 1.96. The molecule has 0 aliphatic rings. The summed E-state index contributed by atoms with van der Waals surface area (Å²) in [5.41, 5.74) is 0.797. The van der Waals surface area contributed by atoms with E-state index in [-0.39, 0.29) is 7.33 Å². The Morgan fingerprint density at radius 2 is 2.07 bits per heavy atom. The van der Waals surface area contributed by atoms with Gasteiger partial charge in [0.05, 0.1) is 6.61 Å². The van der Waals surface area contributed by atoms with Crippen LogP contribution in [0, 0.1) is 0 Å². The average Bonchev–Trinajstić information content (AvgIpc) is 2.20. The molecule has 1 aromatic rings. The van der Waals surface area contributed by atoms with E-state index in [4.69, 9.17) is 4.74 Å². The summed E-state index contributed by atoms with van der Waals surface area (Å²) in [6, 6.07) is 7.40. The molecule has 0 spiro atoms. The smallest absolute Gasteiger partial charge is 0.221 e. The van der Waals surface area contributed by atoms with E-state index in [1.54, 1.807) is 0 Å². The van der Waals surface area contributed by atoms with Gasteiger partial charge in [0.2, 0.25) is 5.91 Å². The summed E-state index contributed by atoms with van der Waals surface area (Å²) in [6.07, 6.45) is 2.19. The molecule has 0 radical (unpaired) electrons. The number of hydrogen-bond donors (Lipinski definition) is 1. The first kappa shape index (κ1) is 11.6. The Balaban J connectivity index is 0.00000225. The molecule has 1 aromatic carbocycles. The van der Waals surface area contributed by atoms with Crippen molar-refractivity contribution in [2.45, 2.75) is 26.7 Å². The quantitative estimate of drug-likeness (QED) is 0.757. The van der Waals surface area contributed by atoms with Gasteiger partial charge < -0.3 is 10.1 Å². The van der Waals surface area contributed by atoms with Crippen molar-refractivity contribution in [2.75, 3.05) is 11.9 Å². The van der Waals surface area contributed by atoms with Crippen LogP contribution in [0.2, 0.25) is 0 Å². The Hall–Kier alpha value is -1.51. The first-order chi connectivity index (χ1) is 7.22. The molecular formula is C12H19NO2. The van der Waals surface area contributed by atoms with Crippen molar-refractivity contribution >= 4 is 11.6 Å². The van der Waals surface area contributed by atoms with Gasteiger partial charge in [0.1, 0.15) is 5.75 Å². The third-order valence-corrected chi connectivity index (χ3v) is 1.94. The van der Waals surface area contributed by atoms with Crippen LogP contribution in [0.1, 0.15) is 28.1 Å². The molecule has 0 fully saturated rings. The highest BCUT2D eigenvalue weighted by molar-refractivity contribution is 5.88. The van der Waals surface area contributed by atoms with Crippen molar-refractivity contribution < 1.29 is 11.0 Å². The van der Waals surface area contributed by atoms with E-state index in [1.165, 1.54) is 6.92 Å². The molecule has 3 heteroatoms. The van der Waals surface area contributed by atoms with Crippen molar-refractivity contribution in [3.63, 3.8) is 0 Å². The molecular weight excluding hydrogens is 190 g/mol. The summed E-state index contributed by atoms with van der Waals surface area (Å²) < 4.78 is 5.49. The predicted octanol–water partition coefficient (Wildman–Crippen LogP) is 3.07. The van der Waals surface area contributed by atoms with Crippen LogP contribution in [-0.2, 0) is 4.79 Å². The van der Waals surface area contributed by atoms with Crippen molar-refractivity contribution in [3.05, 3.63) is 24.3 Å². The number of nitrogens with one attached hydrogen (secondary N) is 1. The van der Waals surface area contributed by atoms with E-state index in [0.717, 1.165) is 30.9 Å². The van der Waals surface area contributed by atoms with Gasteiger partial charge >= 0.3 is 0 Å². The molecule has 0 aliphatic heterocycles. The van der Waals surface area contributed by atoms with Gasteiger partial charge in [-0.05, 0) is 30.7 Å². The molecule has 84 valence electrons. The summed E-state index contributed by atoms with van der Waals surface area (Å²) in [6.45, 7) is 4.37. The Morgan fingerprint density at radius 3 is 2.60 bits per heavy atom. The second kappa shape index (κ2) is 6.06. The lowest BCUT2D eigenvalue weighted by atomic mass is 10.3. The molecule has 1 amide bonds. The number of unbranched alkanes of at least 4 members (excludes halogenated alkanes) is 1. The van der Waals surface area contributed by atoms with Gasteiger partial charge in [0, 0.05) is 14.0 Å². The number of rotatable bonds is 5. The van der Waals surface area contributed by atoms with Gasteiger partial charge in [0.25, 0.3) is 0 Å². The SMILES string of the molecule is CCCCOc1ccc(NC(C)=O)cc1.[HH]. The van der Waals surface area contributed by atoms with E-state index >= 15 is 0 Å². The highest BCUT2D eigenvalue weighted by atomic mass is 16.5. The first-order valence-electron chi connectivity index (χ1n) is 5.23. The topological polar surface area (TPSA) is 38.3 Å². The van der Waals surface area contributed by atoms with Gasteiger partial charge in [-0.15, -0.1) is 0 Å². The van der Waals surface area contributed by atoms with E-state index < -0.39 is 0 Å². The molecule has 0 aliphatic carbocycles. The van der Waals surface area contributed by atoms with Crippen molar-refractivity contribution in [3.8, 4) is 5.75 Å². The van der Waals surface area contributed by atoms with Crippen molar-refractivity contribution in [1.29, 1.82) is 0 Å². The highest BCUT2D eigenvalue weighted by Crippen LogP contribution is 2.15. The Kier molecular flexibility index (Phi) is 4.68. The van der Waals surface area contributed by atoms with Crippen LogP contribution in [0.25, 0.3) is 0 Å².